The number of carbonyl (C=O) groups excluding carboxylic acids is 2. The third-order valence-electron chi connectivity index (χ3n) is 3.86. The first kappa shape index (κ1) is 19.1. The number of nitrogens with zero attached hydrogens (tertiary/aromatic N) is 1. The summed E-state index contributed by atoms with van der Waals surface area (Å²) in [6.07, 6.45) is 0.966. The Kier molecular flexibility index (Phi) is 6.73. The van der Waals surface area contributed by atoms with Crippen molar-refractivity contribution in [2.24, 2.45) is 5.41 Å². The number of halogens is 1. The summed E-state index contributed by atoms with van der Waals surface area (Å²) in [5.41, 5.74) is 0.473. The summed E-state index contributed by atoms with van der Waals surface area (Å²) in [7, 11) is 1.74. The summed E-state index contributed by atoms with van der Waals surface area (Å²) in [5.74, 6) is -0.297. The molecule has 0 fully saturated rings. The molecular formula is C18H27FN2O2. The Balaban J connectivity index is 2.42. The zero-order valence-electron chi connectivity index (χ0n) is 14.6. The van der Waals surface area contributed by atoms with Gasteiger partial charge in [0.15, 0.2) is 0 Å². The molecule has 0 aliphatic carbocycles. The molecule has 4 nitrogen and oxygen atoms in total. The first-order valence-electron chi connectivity index (χ1n) is 7.92. The summed E-state index contributed by atoms with van der Waals surface area (Å²) in [4.78, 5) is 25.6. The van der Waals surface area contributed by atoms with Crippen LogP contribution < -0.4 is 5.32 Å². The van der Waals surface area contributed by atoms with Gasteiger partial charge < -0.3 is 10.2 Å². The van der Waals surface area contributed by atoms with Crippen LogP contribution >= 0.6 is 0 Å². The zero-order valence-corrected chi connectivity index (χ0v) is 14.6. The van der Waals surface area contributed by atoms with Gasteiger partial charge in [-0.15, -0.1) is 0 Å². The van der Waals surface area contributed by atoms with Crippen LogP contribution in [0.4, 0.5) is 4.39 Å². The molecule has 1 N–H and O–H groups in total. The lowest BCUT2D eigenvalue weighted by Crippen LogP contribution is -2.36. The van der Waals surface area contributed by atoms with Crippen LogP contribution in [0.15, 0.2) is 24.3 Å². The van der Waals surface area contributed by atoms with Gasteiger partial charge in [0.05, 0.1) is 6.04 Å². The van der Waals surface area contributed by atoms with Crippen LogP contribution in [-0.4, -0.2) is 30.3 Å². The monoisotopic (exact) mass is 322 g/mol. The lowest BCUT2D eigenvalue weighted by molar-refractivity contribution is -0.132. The Morgan fingerprint density at radius 2 is 1.78 bits per heavy atom. The summed E-state index contributed by atoms with van der Waals surface area (Å²) in [6, 6.07) is 6.05. The molecule has 0 aliphatic heterocycles. The van der Waals surface area contributed by atoms with Gasteiger partial charge in [0.2, 0.25) is 11.8 Å². The number of benzene rings is 1. The van der Waals surface area contributed by atoms with E-state index in [4.69, 9.17) is 0 Å². The molecule has 1 aromatic rings. The second-order valence-electron chi connectivity index (χ2n) is 6.84. The van der Waals surface area contributed by atoms with Crippen molar-refractivity contribution in [1.29, 1.82) is 0 Å². The van der Waals surface area contributed by atoms with Crippen molar-refractivity contribution in [2.75, 3.05) is 13.6 Å². The number of amides is 2. The molecular weight excluding hydrogens is 295 g/mol. The number of carbonyl (C=O) groups is 2. The second kappa shape index (κ2) is 8.09. The Bertz CT molecular complexity index is 535. The van der Waals surface area contributed by atoms with E-state index >= 15 is 0 Å². The normalized spacial score (nSPS) is 12.6. The predicted octanol–water partition coefficient (Wildman–Crippen LogP) is 3.29. The largest absolute Gasteiger partial charge is 0.356 e. The Morgan fingerprint density at radius 1 is 1.22 bits per heavy atom. The first-order chi connectivity index (χ1) is 10.6. The highest BCUT2D eigenvalue weighted by Gasteiger charge is 2.21. The van der Waals surface area contributed by atoms with E-state index in [0.29, 0.717) is 19.4 Å². The average molecular weight is 322 g/mol. The van der Waals surface area contributed by atoms with E-state index in [1.54, 1.807) is 24.1 Å². The van der Waals surface area contributed by atoms with Gasteiger partial charge in [0, 0.05) is 25.4 Å². The highest BCUT2D eigenvalue weighted by molar-refractivity contribution is 5.81. The van der Waals surface area contributed by atoms with E-state index in [2.05, 4.69) is 5.32 Å². The number of hydrogen-bond acceptors (Lipinski definition) is 2. The molecule has 128 valence electrons. The molecule has 0 aromatic heterocycles. The average Bonchev–Trinajstić information content (AvgIpc) is 2.49. The maximum absolute atomic E-state index is 12.9. The van der Waals surface area contributed by atoms with Crippen molar-refractivity contribution in [3.8, 4) is 0 Å². The third-order valence-corrected chi connectivity index (χ3v) is 3.86. The maximum atomic E-state index is 12.9. The van der Waals surface area contributed by atoms with Gasteiger partial charge in [0.25, 0.3) is 0 Å². The molecule has 0 bridgehead atoms. The van der Waals surface area contributed by atoms with E-state index in [-0.39, 0.29) is 23.7 Å². The van der Waals surface area contributed by atoms with Gasteiger partial charge in [0.1, 0.15) is 5.82 Å². The lowest BCUT2D eigenvalue weighted by Gasteiger charge is -2.25. The van der Waals surface area contributed by atoms with Crippen molar-refractivity contribution in [1.82, 2.24) is 10.2 Å². The molecule has 0 spiro atoms. The van der Waals surface area contributed by atoms with Crippen LogP contribution in [0, 0.1) is 11.2 Å². The van der Waals surface area contributed by atoms with Crippen LogP contribution in [0.25, 0.3) is 0 Å². The molecule has 0 unspecified atom stereocenters. The molecule has 1 rings (SSSR count). The predicted molar refractivity (Wildman–Crippen MR) is 89.3 cm³/mol. The summed E-state index contributed by atoms with van der Waals surface area (Å²) in [5, 5.41) is 2.83. The summed E-state index contributed by atoms with van der Waals surface area (Å²) >= 11 is 0. The fourth-order valence-electron chi connectivity index (χ4n) is 2.06. The van der Waals surface area contributed by atoms with Crippen LogP contribution in [-0.2, 0) is 9.59 Å². The molecule has 0 radical (unpaired) electrons. The van der Waals surface area contributed by atoms with Gasteiger partial charge in [-0.05, 0) is 31.0 Å². The van der Waals surface area contributed by atoms with Crippen molar-refractivity contribution < 1.29 is 14.0 Å². The van der Waals surface area contributed by atoms with Gasteiger partial charge in [-0.2, -0.15) is 0 Å². The smallest absolute Gasteiger partial charge is 0.225 e. The number of hydrogen-bond donors (Lipinski definition) is 1. The van der Waals surface area contributed by atoms with Crippen molar-refractivity contribution in [2.45, 2.75) is 46.6 Å². The first-order valence-corrected chi connectivity index (χ1v) is 7.92. The fraction of sp³-hybridized carbons (Fsp3) is 0.556. The molecule has 1 atom stereocenters. The third kappa shape index (κ3) is 6.00. The quantitative estimate of drug-likeness (QED) is 0.817. The molecule has 23 heavy (non-hydrogen) atoms. The second-order valence-corrected chi connectivity index (χ2v) is 6.84. The summed E-state index contributed by atoms with van der Waals surface area (Å²) < 4.78 is 12.9. The Hall–Kier alpha value is -1.91. The Morgan fingerprint density at radius 3 is 2.30 bits per heavy atom. The summed E-state index contributed by atoms with van der Waals surface area (Å²) in [6.45, 7) is 7.95. The van der Waals surface area contributed by atoms with E-state index in [9.17, 15) is 14.0 Å². The van der Waals surface area contributed by atoms with E-state index in [1.807, 2.05) is 27.7 Å². The van der Waals surface area contributed by atoms with Crippen LogP contribution in [0.3, 0.4) is 0 Å². The van der Waals surface area contributed by atoms with Gasteiger partial charge >= 0.3 is 0 Å². The SMILES string of the molecule is C[C@H](c1ccc(F)cc1)N(C)C(=O)CCCNC(=O)C(C)(C)C. The highest BCUT2D eigenvalue weighted by Crippen LogP contribution is 2.20. The minimum absolute atomic E-state index is 0.00633. The molecule has 5 heteroatoms. The minimum Gasteiger partial charge on any atom is -0.356 e. The highest BCUT2D eigenvalue weighted by atomic mass is 19.1. The van der Waals surface area contributed by atoms with Crippen molar-refractivity contribution >= 4 is 11.8 Å². The molecule has 0 saturated heterocycles. The zero-order chi connectivity index (χ0) is 17.6. The Labute approximate surface area is 138 Å². The van der Waals surface area contributed by atoms with Crippen LogP contribution in [0.1, 0.15) is 52.1 Å². The lowest BCUT2D eigenvalue weighted by atomic mass is 9.96. The van der Waals surface area contributed by atoms with Crippen molar-refractivity contribution in [3.63, 3.8) is 0 Å². The molecule has 1 aromatic carbocycles. The van der Waals surface area contributed by atoms with E-state index in [1.165, 1.54) is 12.1 Å². The maximum Gasteiger partial charge on any atom is 0.225 e. The molecule has 0 aliphatic rings. The topological polar surface area (TPSA) is 49.4 Å². The van der Waals surface area contributed by atoms with E-state index in [0.717, 1.165) is 5.56 Å². The van der Waals surface area contributed by atoms with Gasteiger partial charge in [-0.1, -0.05) is 32.9 Å². The number of nitrogens with one attached hydrogen (secondary N) is 1. The minimum atomic E-state index is -0.419. The molecule has 0 saturated carbocycles. The van der Waals surface area contributed by atoms with Crippen LogP contribution in [0.5, 0.6) is 0 Å². The number of rotatable bonds is 6. The van der Waals surface area contributed by atoms with Gasteiger partial charge in [-0.3, -0.25) is 9.59 Å². The van der Waals surface area contributed by atoms with E-state index < -0.39 is 5.41 Å². The molecule has 2 amide bonds. The standard InChI is InChI=1S/C18H27FN2O2/c1-13(14-8-10-15(19)11-9-14)21(5)16(22)7-6-12-20-17(23)18(2,3)4/h8-11,13H,6-7,12H2,1-5H3,(H,20,23)/t13-/m1/s1. The molecule has 0 heterocycles. The van der Waals surface area contributed by atoms with Crippen LogP contribution in [0.2, 0.25) is 0 Å². The van der Waals surface area contributed by atoms with Gasteiger partial charge in [-0.25, -0.2) is 4.39 Å². The fourth-order valence-corrected chi connectivity index (χ4v) is 2.06. The van der Waals surface area contributed by atoms with Crippen molar-refractivity contribution in [3.05, 3.63) is 35.6 Å².